The number of carbonyl (C=O) groups is 1. The molecular weight excluding hydrogens is 312 g/mol. The SMILES string of the molecule is CC(=O)OC1CCCN(S(=O)(=O)c2ccc([N+](=O)[O-])cc2)C1. The van der Waals surface area contributed by atoms with Crippen LogP contribution in [-0.4, -0.2) is 42.8 Å². The number of benzene rings is 1. The van der Waals surface area contributed by atoms with Gasteiger partial charge in [0.05, 0.1) is 16.4 Å². The second-order valence-corrected chi connectivity index (χ2v) is 6.93. The van der Waals surface area contributed by atoms with Crippen LogP contribution < -0.4 is 0 Å². The molecule has 9 heteroatoms. The number of sulfonamides is 1. The minimum atomic E-state index is -3.75. The van der Waals surface area contributed by atoms with E-state index >= 15 is 0 Å². The van der Waals surface area contributed by atoms with Gasteiger partial charge in [0, 0.05) is 25.6 Å². The Balaban J connectivity index is 2.18. The van der Waals surface area contributed by atoms with Crippen LogP contribution in [-0.2, 0) is 19.6 Å². The van der Waals surface area contributed by atoms with Gasteiger partial charge in [-0.25, -0.2) is 8.42 Å². The maximum atomic E-state index is 12.5. The Hall–Kier alpha value is -2.00. The van der Waals surface area contributed by atoms with Crippen molar-refractivity contribution in [1.29, 1.82) is 0 Å². The minimum Gasteiger partial charge on any atom is -0.461 e. The molecule has 0 aliphatic carbocycles. The fraction of sp³-hybridized carbons (Fsp3) is 0.462. The number of nitro groups is 1. The van der Waals surface area contributed by atoms with Crippen molar-refractivity contribution in [1.82, 2.24) is 4.31 Å². The first-order valence-electron chi connectivity index (χ1n) is 6.72. The van der Waals surface area contributed by atoms with E-state index in [-0.39, 0.29) is 17.1 Å². The fourth-order valence-corrected chi connectivity index (χ4v) is 3.85. The highest BCUT2D eigenvalue weighted by molar-refractivity contribution is 7.89. The lowest BCUT2D eigenvalue weighted by Gasteiger charge is -2.31. The zero-order valence-corrected chi connectivity index (χ0v) is 12.8. The van der Waals surface area contributed by atoms with Gasteiger partial charge in [0.2, 0.25) is 10.0 Å². The number of non-ortho nitro benzene ring substituents is 1. The van der Waals surface area contributed by atoms with Crippen molar-refractivity contribution in [2.45, 2.75) is 30.8 Å². The molecule has 0 bridgehead atoms. The second kappa shape index (κ2) is 6.41. The molecule has 2 rings (SSSR count). The van der Waals surface area contributed by atoms with E-state index in [2.05, 4.69) is 0 Å². The largest absolute Gasteiger partial charge is 0.461 e. The van der Waals surface area contributed by atoms with Gasteiger partial charge in [-0.15, -0.1) is 0 Å². The van der Waals surface area contributed by atoms with Gasteiger partial charge in [-0.1, -0.05) is 0 Å². The number of rotatable bonds is 4. The molecule has 1 unspecified atom stereocenters. The third-order valence-corrected chi connectivity index (χ3v) is 5.24. The van der Waals surface area contributed by atoms with Gasteiger partial charge >= 0.3 is 5.97 Å². The Morgan fingerprint density at radius 1 is 1.36 bits per heavy atom. The first-order valence-corrected chi connectivity index (χ1v) is 8.16. The molecule has 0 saturated carbocycles. The number of hydrogen-bond acceptors (Lipinski definition) is 6. The zero-order chi connectivity index (χ0) is 16.3. The molecule has 1 atom stereocenters. The van der Waals surface area contributed by atoms with Crippen LogP contribution in [0.3, 0.4) is 0 Å². The van der Waals surface area contributed by atoms with Crippen LogP contribution >= 0.6 is 0 Å². The quantitative estimate of drug-likeness (QED) is 0.468. The second-order valence-electron chi connectivity index (χ2n) is 4.99. The molecule has 1 aliphatic rings. The van der Waals surface area contributed by atoms with E-state index in [1.165, 1.54) is 23.4 Å². The number of hydrogen-bond donors (Lipinski definition) is 0. The van der Waals surface area contributed by atoms with E-state index in [0.29, 0.717) is 19.4 Å². The van der Waals surface area contributed by atoms with Crippen molar-refractivity contribution in [2.24, 2.45) is 0 Å². The molecule has 0 aromatic heterocycles. The van der Waals surface area contributed by atoms with Crippen molar-refractivity contribution >= 4 is 21.7 Å². The summed E-state index contributed by atoms with van der Waals surface area (Å²) in [5, 5.41) is 10.6. The summed E-state index contributed by atoms with van der Waals surface area (Å²) in [6.07, 6.45) is 0.745. The number of piperidine rings is 1. The lowest BCUT2D eigenvalue weighted by atomic mass is 10.1. The van der Waals surface area contributed by atoms with E-state index in [0.717, 1.165) is 12.1 Å². The molecule has 0 spiro atoms. The van der Waals surface area contributed by atoms with Gasteiger partial charge in [0.25, 0.3) is 5.69 Å². The number of esters is 1. The Labute approximate surface area is 127 Å². The maximum absolute atomic E-state index is 12.5. The third kappa shape index (κ3) is 3.60. The standard InChI is InChI=1S/C13H16N2O6S/c1-10(16)21-12-3-2-8-14(9-12)22(19,20)13-6-4-11(5-7-13)15(17)18/h4-7,12H,2-3,8-9H2,1H3. The number of nitro benzene ring substituents is 1. The van der Waals surface area contributed by atoms with Crippen LogP contribution in [0.15, 0.2) is 29.2 Å². The summed E-state index contributed by atoms with van der Waals surface area (Å²) < 4.78 is 31.3. The Bertz CT molecular complexity index is 670. The monoisotopic (exact) mass is 328 g/mol. The maximum Gasteiger partial charge on any atom is 0.302 e. The molecule has 1 aromatic rings. The average Bonchev–Trinajstić information content (AvgIpc) is 2.47. The molecular formula is C13H16N2O6S. The minimum absolute atomic E-state index is 0.0124. The normalized spacial score (nSPS) is 19.6. The third-order valence-electron chi connectivity index (χ3n) is 3.36. The Kier molecular flexibility index (Phi) is 4.77. The summed E-state index contributed by atoms with van der Waals surface area (Å²) in [5.74, 6) is -0.445. The highest BCUT2D eigenvalue weighted by atomic mass is 32.2. The fourth-order valence-electron chi connectivity index (χ4n) is 2.34. The van der Waals surface area contributed by atoms with Crippen molar-refractivity contribution in [3.05, 3.63) is 34.4 Å². The Morgan fingerprint density at radius 2 is 2.00 bits per heavy atom. The molecule has 1 heterocycles. The molecule has 1 aromatic carbocycles. The average molecular weight is 328 g/mol. The number of carbonyl (C=O) groups excluding carboxylic acids is 1. The van der Waals surface area contributed by atoms with Crippen LogP contribution in [0.1, 0.15) is 19.8 Å². The van der Waals surface area contributed by atoms with E-state index < -0.39 is 27.0 Å². The zero-order valence-electron chi connectivity index (χ0n) is 12.0. The van der Waals surface area contributed by atoms with Crippen molar-refractivity contribution in [3.8, 4) is 0 Å². The molecule has 120 valence electrons. The molecule has 22 heavy (non-hydrogen) atoms. The molecule has 0 N–H and O–H groups in total. The first-order chi connectivity index (χ1) is 10.3. The van der Waals surface area contributed by atoms with Gasteiger partial charge in [-0.05, 0) is 25.0 Å². The summed E-state index contributed by atoms with van der Waals surface area (Å²) in [7, 11) is -3.75. The van der Waals surface area contributed by atoms with E-state index in [9.17, 15) is 23.3 Å². The van der Waals surface area contributed by atoms with E-state index in [1.54, 1.807) is 0 Å². The van der Waals surface area contributed by atoms with Gasteiger partial charge in [-0.2, -0.15) is 4.31 Å². The predicted molar refractivity (Wildman–Crippen MR) is 76.6 cm³/mol. The number of nitrogens with zero attached hydrogens (tertiary/aromatic N) is 2. The van der Waals surface area contributed by atoms with Gasteiger partial charge in [0.15, 0.2) is 0 Å². The van der Waals surface area contributed by atoms with Crippen LogP contribution in [0.25, 0.3) is 0 Å². The summed E-state index contributed by atoms with van der Waals surface area (Å²) in [5.41, 5.74) is -0.171. The van der Waals surface area contributed by atoms with Crippen molar-refractivity contribution in [2.75, 3.05) is 13.1 Å². The summed E-state index contributed by atoms with van der Waals surface area (Å²) in [6.45, 7) is 1.71. The van der Waals surface area contributed by atoms with E-state index in [4.69, 9.17) is 4.74 Å². The van der Waals surface area contributed by atoms with Crippen LogP contribution in [0.4, 0.5) is 5.69 Å². The predicted octanol–water partition coefficient (Wildman–Crippen LogP) is 1.31. The lowest BCUT2D eigenvalue weighted by molar-refractivity contribution is -0.384. The van der Waals surface area contributed by atoms with Crippen LogP contribution in [0.5, 0.6) is 0 Å². The van der Waals surface area contributed by atoms with Crippen LogP contribution in [0, 0.1) is 10.1 Å². The Morgan fingerprint density at radius 3 is 2.55 bits per heavy atom. The highest BCUT2D eigenvalue weighted by Crippen LogP contribution is 2.23. The summed E-state index contributed by atoms with van der Waals surface area (Å²) in [6, 6.07) is 4.73. The molecule has 1 fully saturated rings. The highest BCUT2D eigenvalue weighted by Gasteiger charge is 2.31. The van der Waals surface area contributed by atoms with E-state index in [1.807, 2.05) is 0 Å². The summed E-state index contributed by atoms with van der Waals surface area (Å²) in [4.78, 5) is 21.0. The van der Waals surface area contributed by atoms with Crippen LogP contribution in [0.2, 0.25) is 0 Å². The molecule has 8 nitrogen and oxygen atoms in total. The first kappa shape index (κ1) is 16.4. The molecule has 0 amide bonds. The molecule has 1 saturated heterocycles. The topological polar surface area (TPSA) is 107 Å². The van der Waals surface area contributed by atoms with Gasteiger partial charge in [-0.3, -0.25) is 14.9 Å². The van der Waals surface area contributed by atoms with Crippen molar-refractivity contribution < 1.29 is 22.9 Å². The summed E-state index contributed by atoms with van der Waals surface area (Å²) >= 11 is 0. The van der Waals surface area contributed by atoms with Gasteiger partial charge < -0.3 is 4.74 Å². The van der Waals surface area contributed by atoms with Gasteiger partial charge in [0.1, 0.15) is 6.10 Å². The smallest absolute Gasteiger partial charge is 0.302 e. The molecule has 1 aliphatic heterocycles. The van der Waals surface area contributed by atoms with Crippen molar-refractivity contribution in [3.63, 3.8) is 0 Å². The number of ether oxygens (including phenoxy) is 1. The molecule has 0 radical (unpaired) electrons. The lowest BCUT2D eigenvalue weighted by Crippen LogP contribution is -2.43.